The summed E-state index contributed by atoms with van der Waals surface area (Å²) in [6.45, 7) is 3.28. The van der Waals surface area contributed by atoms with E-state index in [4.69, 9.17) is 20.9 Å². The van der Waals surface area contributed by atoms with Crippen molar-refractivity contribution in [2.24, 2.45) is 33.5 Å². The Balaban J connectivity index is 1.45. The van der Waals surface area contributed by atoms with Crippen LogP contribution >= 0.6 is 0 Å². The topological polar surface area (TPSA) is 98.5 Å². The van der Waals surface area contributed by atoms with Gasteiger partial charge in [-0.3, -0.25) is 4.90 Å². The lowest BCUT2D eigenvalue weighted by Crippen LogP contribution is -2.34. The van der Waals surface area contributed by atoms with Gasteiger partial charge in [0.1, 0.15) is 0 Å². The molecule has 1 heterocycles. The Morgan fingerprint density at radius 3 is 2.38 bits per heavy atom. The number of likely N-dealkylation sites (tertiary alicyclic amines) is 1. The van der Waals surface area contributed by atoms with Crippen LogP contribution in [0.1, 0.15) is 36.0 Å². The summed E-state index contributed by atoms with van der Waals surface area (Å²) in [5, 5.41) is 8.45. The number of fused-ring (bicyclic) bond motifs is 1. The molecule has 170 valence electrons. The van der Waals surface area contributed by atoms with Crippen molar-refractivity contribution in [1.82, 2.24) is 4.90 Å². The number of benzene rings is 2. The standard InChI is InChI=1S/C25H33N5O2/c1-31-22-14-19-13-20(24(28-29-25(26)27)21(19)15-23(22)32-2)12-17-8-10-30(11-9-17)16-18-6-4-3-5-7-18/h3-7,14-15,17,20H,8-13,16H2,1-2H3,(H4,26,27,29)/b28-24-. The molecule has 2 aromatic rings. The fourth-order valence-corrected chi connectivity index (χ4v) is 4.98. The molecule has 0 spiro atoms. The van der Waals surface area contributed by atoms with Gasteiger partial charge in [0.05, 0.1) is 19.9 Å². The average Bonchev–Trinajstić information content (AvgIpc) is 3.14. The molecule has 0 saturated carbocycles. The third-order valence-electron chi connectivity index (χ3n) is 6.59. The molecule has 7 heteroatoms. The van der Waals surface area contributed by atoms with Gasteiger partial charge in [0.25, 0.3) is 0 Å². The molecule has 4 rings (SSSR count). The Morgan fingerprint density at radius 2 is 1.72 bits per heavy atom. The van der Waals surface area contributed by atoms with E-state index in [0.29, 0.717) is 11.7 Å². The third kappa shape index (κ3) is 5.05. The zero-order valence-electron chi connectivity index (χ0n) is 19.0. The molecular weight excluding hydrogens is 402 g/mol. The maximum atomic E-state index is 5.57. The molecule has 0 amide bonds. The van der Waals surface area contributed by atoms with Crippen molar-refractivity contribution >= 4 is 11.7 Å². The third-order valence-corrected chi connectivity index (χ3v) is 6.59. The molecule has 1 aliphatic heterocycles. The van der Waals surface area contributed by atoms with Crippen LogP contribution in [0.15, 0.2) is 52.7 Å². The number of hydrogen-bond donors (Lipinski definition) is 2. The van der Waals surface area contributed by atoms with Gasteiger partial charge in [0, 0.05) is 18.0 Å². The highest BCUT2D eigenvalue weighted by molar-refractivity contribution is 6.07. The normalized spacial score (nSPS) is 20.2. The highest BCUT2D eigenvalue weighted by Crippen LogP contribution is 2.40. The van der Waals surface area contributed by atoms with E-state index >= 15 is 0 Å². The number of ether oxygens (including phenoxy) is 2. The van der Waals surface area contributed by atoms with Crippen molar-refractivity contribution in [2.75, 3.05) is 27.3 Å². The summed E-state index contributed by atoms with van der Waals surface area (Å²) in [4.78, 5) is 2.55. The second kappa shape index (κ2) is 10.0. The van der Waals surface area contributed by atoms with E-state index in [-0.39, 0.29) is 11.9 Å². The van der Waals surface area contributed by atoms with Gasteiger partial charge in [-0.25, -0.2) is 0 Å². The lowest BCUT2D eigenvalue weighted by Gasteiger charge is -2.33. The molecule has 0 bridgehead atoms. The zero-order valence-corrected chi connectivity index (χ0v) is 19.0. The predicted octanol–water partition coefficient (Wildman–Crippen LogP) is 3.16. The van der Waals surface area contributed by atoms with Crippen LogP contribution in [0.3, 0.4) is 0 Å². The van der Waals surface area contributed by atoms with Crippen molar-refractivity contribution < 1.29 is 9.47 Å². The molecule has 1 unspecified atom stereocenters. The molecule has 1 aliphatic carbocycles. The van der Waals surface area contributed by atoms with Crippen LogP contribution in [0, 0.1) is 11.8 Å². The monoisotopic (exact) mass is 435 g/mol. The minimum absolute atomic E-state index is 0.0283. The van der Waals surface area contributed by atoms with E-state index in [1.165, 1.54) is 24.0 Å². The Bertz CT molecular complexity index is 977. The second-order valence-electron chi connectivity index (χ2n) is 8.72. The minimum Gasteiger partial charge on any atom is -0.493 e. The number of piperidine rings is 1. The van der Waals surface area contributed by atoms with E-state index in [2.05, 4.69) is 51.5 Å². The lowest BCUT2D eigenvalue weighted by atomic mass is 9.85. The van der Waals surface area contributed by atoms with Crippen molar-refractivity contribution in [2.45, 2.75) is 32.2 Å². The number of nitrogens with two attached hydrogens (primary N) is 2. The minimum atomic E-state index is -0.0283. The number of methoxy groups -OCH3 is 2. The van der Waals surface area contributed by atoms with Crippen LogP contribution < -0.4 is 20.9 Å². The van der Waals surface area contributed by atoms with Gasteiger partial charge in [-0.15, -0.1) is 5.10 Å². The molecule has 2 aliphatic rings. The summed E-state index contributed by atoms with van der Waals surface area (Å²) in [6.07, 6.45) is 4.39. The highest BCUT2D eigenvalue weighted by atomic mass is 16.5. The summed E-state index contributed by atoms with van der Waals surface area (Å²) in [5.74, 6) is 2.35. The summed E-state index contributed by atoms with van der Waals surface area (Å²) in [6, 6.07) is 14.8. The first-order chi connectivity index (χ1) is 15.6. The fraction of sp³-hybridized carbons (Fsp3) is 0.440. The van der Waals surface area contributed by atoms with E-state index in [1.54, 1.807) is 14.2 Å². The maximum Gasteiger partial charge on any atom is 0.211 e. The summed E-state index contributed by atoms with van der Waals surface area (Å²) in [7, 11) is 3.31. The largest absolute Gasteiger partial charge is 0.493 e. The number of hydrogen-bond acceptors (Lipinski definition) is 5. The quantitative estimate of drug-likeness (QED) is 0.395. The van der Waals surface area contributed by atoms with Crippen LogP contribution in [0.5, 0.6) is 11.5 Å². The van der Waals surface area contributed by atoms with Gasteiger partial charge in [-0.05, 0) is 68.0 Å². The number of rotatable bonds is 7. The molecule has 1 fully saturated rings. The summed E-state index contributed by atoms with van der Waals surface area (Å²) in [5.41, 5.74) is 15.7. The number of nitrogens with zero attached hydrogens (tertiary/aromatic N) is 3. The van der Waals surface area contributed by atoms with Gasteiger partial charge >= 0.3 is 0 Å². The highest BCUT2D eigenvalue weighted by Gasteiger charge is 2.33. The van der Waals surface area contributed by atoms with Gasteiger partial charge in [0.2, 0.25) is 5.96 Å². The first-order valence-electron chi connectivity index (χ1n) is 11.3. The van der Waals surface area contributed by atoms with Gasteiger partial charge in [-0.2, -0.15) is 5.10 Å². The maximum absolute atomic E-state index is 5.57. The van der Waals surface area contributed by atoms with E-state index in [9.17, 15) is 0 Å². The molecule has 2 aromatic carbocycles. The number of guanidine groups is 1. The molecular formula is C25H33N5O2. The van der Waals surface area contributed by atoms with E-state index in [1.807, 2.05) is 6.07 Å². The van der Waals surface area contributed by atoms with Crippen molar-refractivity contribution in [3.8, 4) is 11.5 Å². The van der Waals surface area contributed by atoms with Crippen LogP contribution in [0.4, 0.5) is 0 Å². The van der Waals surface area contributed by atoms with E-state index in [0.717, 1.165) is 49.5 Å². The smallest absolute Gasteiger partial charge is 0.211 e. The molecule has 0 aromatic heterocycles. The lowest BCUT2D eigenvalue weighted by molar-refractivity contribution is 0.167. The Kier molecular flexibility index (Phi) is 6.95. The fourth-order valence-electron chi connectivity index (χ4n) is 4.98. The molecule has 1 atom stereocenters. The average molecular weight is 436 g/mol. The summed E-state index contributed by atoms with van der Waals surface area (Å²) < 4.78 is 11.0. The molecule has 32 heavy (non-hydrogen) atoms. The Labute approximate surface area is 190 Å². The molecule has 4 N–H and O–H groups in total. The molecule has 1 saturated heterocycles. The zero-order chi connectivity index (χ0) is 22.5. The molecule has 7 nitrogen and oxygen atoms in total. The van der Waals surface area contributed by atoms with Crippen molar-refractivity contribution in [1.29, 1.82) is 0 Å². The van der Waals surface area contributed by atoms with Gasteiger partial charge in [-0.1, -0.05) is 30.3 Å². The first kappa shape index (κ1) is 22.1. The summed E-state index contributed by atoms with van der Waals surface area (Å²) >= 11 is 0. The Hall–Kier alpha value is -3.06. The van der Waals surface area contributed by atoms with Crippen LogP contribution in [0.25, 0.3) is 0 Å². The predicted molar refractivity (Wildman–Crippen MR) is 128 cm³/mol. The van der Waals surface area contributed by atoms with Crippen LogP contribution in [0.2, 0.25) is 0 Å². The van der Waals surface area contributed by atoms with E-state index < -0.39 is 0 Å². The van der Waals surface area contributed by atoms with Crippen LogP contribution in [-0.4, -0.2) is 43.9 Å². The van der Waals surface area contributed by atoms with Crippen LogP contribution in [-0.2, 0) is 13.0 Å². The van der Waals surface area contributed by atoms with Gasteiger partial charge < -0.3 is 20.9 Å². The SMILES string of the molecule is COc1cc2c(cc1OC)/C(=N\N=C(N)N)C(CC1CCN(Cc3ccccc3)CC1)C2. The van der Waals surface area contributed by atoms with Crippen molar-refractivity contribution in [3.05, 3.63) is 59.2 Å². The molecule has 0 radical (unpaired) electrons. The first-order valence-corrected chi connectivity index (χ1v) is 11.3. The Morgan fingerprint density at radius 1 is 1.03 bits per heavy atom. The second-order valence-corrected chi connectivity index (χ2v) is 8.72. The van der Waals surface area contributed by atoms with Crippen molar-refractivity contribution in [3.63, 3.8) is 0 Å². The van der Waals surface area contributed by atoms with Gasteiger partial charge in [0.15, 0.2) is 11.5 Å².